The highest BCUT2D eigenvalue weighted by Gasteiger charge is 2.19. The van der Waals surface area contributed by atoms with Gasteiger partial charge in [0.2, 0.25) is 0 Å². The van der Waals surface area contributed by atoms with Gasteiger partial charge in [0.15, 0.2) is 5.09 Å². The SMILES string of the molecule is C/C=C(/ON(C)C(=O)c1ccc(C)cc1)SN(Cc1ccc(Cl)cc1)C(C)O. The number of nitrogens with zero attached hydrogens (tertiary/aromatic N) is 2. The van der Waals surface area contributed by atoms with E-state index in [1.807, 2.05) is 50.2 Å². The molecular weight excluding hydrogens is 396 g/mol. The predicted molar refractivity (Wildman–Crippen MR) is 114 cm³/mol. The van der Waals surface area contributed by atoms with Gasteiger partial charge < -0.3 is 9.94 Å². The van der Waals surface area contributed by atoms with Crippen LogP contribution in [-0.2, 0) is 11.4 Å². The van der Waals surface area contributed by atoms with Gasteiger partial charge >= 0.3 is 0 Å². The molecule has 1 unspecified atom stereocenters. The lowest BCUT2D eigenvalue weighted by atomic mass is 10.1. The molecule has 5 nitrogen and oxygen atoms in total. The third kappa shape index (κ3) is 6.56. The molecule has 0 heterocycles. The summed E-state index contributed by atoms with van der Waals surface area (Å²) in [4.78, 5) is 18.3. The lowest BCUT2D eigenvalue weighted by molar-refractivity contribution is -0.0557. The Bertz CT molecular complexity index is 807. The van der Waals surface area contributed by atoms with E-state index in [4.69, 9.17) is 16.4 Å². The number of aliphatic hydroxyl groups excluding tert-OH is 1. The number of hydrogen-bond acceptors (Lipinski definition) is 5. The number of allylic oxidation sites excluding steroid dienone is 1. The maximum absolute atomic E-state index is 12.5. The summed E-state index contributed by atoms with van der Waals surface area (Å²) in [5, 5.41) is 12.5. The second-order valence-electron chi connectivity index (χ2n) is 6.29. The van der Waals surface area contributed by atoms with Crippen molar-refractivity contribution in [2.45, 2.75) is 33.5 Å². The normalized spacial score (nSPS) is 12.8. The van der Waals surface area contributed by atoms with E-state index in [9.17, 15) is 9.90 Å². The predicted octanol–water partition coefficient (Wildman–Crippen LogP) is 5.00. The van der Waals surface area contributed by atoms with Crippen LogP contribution in [-0.4, -0.2) is 33.7 Å². The molecule has 2 aromatic rings. The molecule has 0 saturated heterocycles. The van der Waals surface area contributed by atoms with Crippen molar-refractivity contribution in [1.29, 1.82) is 0 Å². The Kier molecular flexibility index (Phi) is 8.38. The summed E-state index contributed by atoms with van der Waals surface area (Å²) in [6, 6.07) is 14.7. The number of aryl methyl sites for hydroxylation is 1. The summed E-state index contributed by atoms with van der Waals surface area (Å²) < 4.78 is 1.75. The number of carbonyl (C=O) groups excluding carboxylic acids is 1. The maximum atomic E-state index is 12.5. The number of rotatable bonds is 8. The molecule has 0 saturated carbocycles. The van der Waals surface area contributed by atoms with Gasteiger partial charge in [-0.05, 0) is 56.7 Å². The largest absolute Gasteiger partial charge is 0.378 e. The first-order valence-corrected chi connectivity index (χ1v) is 10.0. The van der Waals surface area contributed by atoms with Crippen LogP contribution < -0.4 is 0 Å². The second-order valence-corrected chi connectivity index (χ2v) is 7.78. The van der Waals surface area contributed by atoms with E-state index < -0.39 is 6.23 Å². The van der Waals surface area contributed by atoms with Crippen LogP contribution in [0.5, 0.6) is 0 Å². The molecular formula is C21H25ClN2O3S. The minimum absolute atomic E-state index is 0.249. The fourth-order valence-electron chi connectivity index (χ4n) is 2.30. The van der Waals surface area contributed by atoms with Crippen molar-refractivity contribution in [3.8, 4) is 0 Å². The van der Waals surface area contributed by atoms with Gasteiger partial charge in [0.1, 0.15) is 6.23 Å². The van der Waals surface area contributed by atoms with E-state index in [1.54, 1.807) is 36.5 Å². The van der Waals surface area contributed by atoms with Crippen LogP contribution in [0.25, 0.3) is 0 Å². The molecule has 2 aromatic carbocycles. The average Bonchev–Trinajstić information content (AvgIpc) is 2.68. The Morgan fingerprint density at radius 3 is 2.36 bits per heavy atom. The number of amides is 1. The Balaban J connectivity index is 2.02. The topological polar surface area (TPSA) is 53.0 Å². The zero-order valence-corrected chi connectivity index (χ0v) is 18.0. The first kappa shape index (κ1) is 22.3. The Morgan fingerprint density at radius 2 is 1.82 bits per heavy atom. The number of hydrogen-bond donors (Lipinski definition) is 1. The molecule has 0 aliphatic heterocycles. The molecule has 1 amide bonds. The van der Waals surface area contributed by atoms with E-state index in [2.05, 4.69) is 0 Å². The third-order valence-corrected chi connectivity index (χ3v) is 5.33. The van der Waals surface area contributed by atoms with Gasteiger partial charge in [-0.3, -0.25) is 4.79 Å². The second kappa shape index (κ2) is 10.5. The van der Waals surface area contributed by atoms with Gasteiger partial charge in [0.25, 0.3) is 5.91 Å². The van der Waals surface area contributed by atoms with E-state index in [1.165, 1.54) is 17.0 Å². The summed E-state index contributed by atoms with van der Waals surface area (Å²) in [6.07, 6.45) is 1.03. The van der Waals surface area contributed by atoms with E-state index >= 15 is 0 Å². The number of carbonyl (C=O) groups is 1. The van der Waals surface area contributed by atoms with Gasteiger partial charge in [-0.1, -0.05) is 41.4 Å². The smallest absolute Gasteiger partial charge is 0.286 e. The zero-order chi connectivity index (χ0) is 20.7. The van der Waals surface area contributed by atoms with Gasteiger partial charge in [-0.2, -0.15) is 5.06 Å². The molecule has 0 aromatic heterocycles. The van der Waals surface area contributed by atoms with E-state index in [0.717, 1.165) is 11.1 Å². The molecule has 7 heteroatoms. The van der Waals surface area contributed by atoms with Crippen LogP contribution in [0.1, 0.15) is 35.3 Å². The molecule has 0 fully saturated rings. The fourth-order valence-corrected chi connectivity index (χ4v) is 3.28. The minimum atomic E-state index is -0.725. The lowest BCUT2D eigenvalue weighted by Crippen LogP contribution is -2.29. The summed E-state index contributed by atoms with van der Waals surface area (Å²) >= 11 is 7.16. The monoisotopic (exact) mass is 420 g/mol. The van der Waals surface area contributed by atoms with Crippen molar-refractivity contribution in [3.05, 3.63) is 81.4 Å². The zero-order valence-electron chi connectivity index (χ0n) is 16.4. The Hall–Kier alpha value is -1.99. The Labute approximate surface area is 175 Å². The van der Waals surface area contributed by atoms with Crippen molar-refractivity contribution >= 4 is 29.5 Å². The van der Waals surface area contributed by atoms with Gasteiger partial charge in [0.05, 0.1) is 0 Å². The summed E-state index contributed by atoms with van der Waals surface area (Å²) in [5.41, 5.74) is 2.62. The number of benzene rings is 2. The highest BCUT2D eigenvalue weighted by molar-refractivity contribution is 8.00. The molecule has 0 radical (unpaired) electrons. The van der Waals surface area contributed by atoms with Crippen LogP contribution in [0, 0.1) is 6.92 Å². The van der Waals surface area contributed by atoms with E-state index in [0.29, 0.717) is 22.2 Å². The molecule has 0 bridgehead atoms. The molecule has 0 aliphatic rings. The first-order valence-electron chi connectivity index (χ1n) is 8.86. The highest BCUT2D eigenvalue weighted by Crippen LogP contribution is 2.27. The molecule has 0 spiro atoms. The van der Waals surface area contributed by atoms with Crippen LogP contribution in [0.3, 0.4) is 0 Å². The van der Waals surface area contributed by atoms with E-state index in [-0.39, 0.29) is 5.91 Å². The van der Waals surface area contributed by atoms with Crippen LogP contribution in [0.15, 0.2) is 59.7 Å². The minimum Gasteiger partial charge on any atom is -0.378 e. The molecule has 1 N–H and O–H groups in total. The standard InChI is InChI=1S/C21H25ClN2O3S/c1-5-20(27-23(4)21(26)18-10-6-15(2)7-11-18)28-24(16(3)25)14-17-8-12-19(22)13-9-17/h5-13,16,25H,14H2,1-4H3/b20-5-. The highest BCUT2D eigenvalue weighted by atomic mass is 35.5. The van der Waals surface area contributed by atoms with Crippen LogP contribution in [0.4, 0.5) is 0 Å². The number of halogens is 1. The van der Waals surface area contributed by atoms with Crippen LogP contribution in [0.2, 0.25) is 5.02 Å². The van der Waals surface area contributed by atoms with Crippen molar-refractivity contribution in [2.75, 3.05) is 7.05 Å². The fraction of sp³-hybridized carbons (Fsp3) is 0.286. The van der Waals surface area contributed by atoms with Crippen molar-refractivity contribution < 1.29 is 14.7 Å². The lowest BCUT2D eigenvalue weighted by Gasteiger charge is -2.26. The molecule has 0 aliphatic carbocycles. The van der Waals surface area contributed by atoms with Gasteiger partial charge in [-0.15, -0.1) is 0 Å². The summed E-state index contributed by atoms with van der Waals surface area (Å²) in [6.45, 7) is 5.94. The van der Waals surface area contributed by atoms with Crippen molar-refractivity contribution in [2.24, 2.45) is 0 Å². The number of aliphatic hydroxyl groups is 1. The average molecular weight is 421 g/mol. The summed E-state index contributed by atoms with van der Waals surface area (Å²) in [5.74, 6) is -0.249. The van der Waals surface area contributed by atoms with Gasteiger partial charge in [-0.25, -0.2) is 4.31 Å². The Morgan fingerprint density at radius 1 is 1.21 bits per heavy atom. The third-order valence-electron chi connectivity index (χ3n) is 3.92. The van der Waals surface area contributed by atoms with Crippen LogP contribution >= 0.6 is 23.5 Å². The molecule has 1 atom stereocenters. The number of hydroxylamine groups is 2. The molecule has 150 valence electrons. The van der Waals surface area contributed by atoms with Crippen molar-refractivity contribution in [3.63, 3.8) is 0 Å². The molecule has 2 rings (SSSR count). The first-order chi connectivity index (χ1) is 13.3. The van der Waals surface area contributed by atoms with Crippen molar-refractivity contribution in [1.82, 2.24) is 9.37 Å². The summed E-state index contributed by atoms with van der Waals surface area (Å²) in [7, 11) is 1.57. The quantitative estimate of drug-likeness (QED) is 0.282. The van der Waals surface area contributed by atoms with Gasteiger partial charge in [0, 0.05) is 36.1 Å². The maximum Gasteiger partial charge on any atom is 0.286 e. The molecule has 28 heavy (non-hydrogen) atoms.